The molecule has 0 aromatic heterocycles. The average molecular weight is 461 g/mol. The SMILES string of the molecule is COc1ccccc1NC(=O)c1cc2ccccc2cc1OCC(=O)Nc1cccc(Cl)c1. The van der Waals surface area contributed by atoms with Gasteiger partial charge in [0.15, 0.2) is 6.61 Å². The number of benzene rings is 4. The Morgan fingerprint density at radius 3 is 2.30 bits per heavy atom. The molecule has 0 aliphatic rings. The predicted molar refractivity (Wildman–Crippen MR) is 130 cm³/mol. The van der Waals surface area contributed by atoms with Gasteiger partial charge < -0.3 is 20.1 Å². The first-order chi connectivity index (χ1) is 16.0. The van der Waals surface area contributed by atoms with Crippen LogP contribution >= 0.6 is 11.6 Å². The maximum Gasteiger partial charge on any atom is 0.262 e. The maximum absolute atomic E-state index is 13.2. The number of hydrogen-bond donors (Lipinski definition) is 2. The van der Waals surface area contributed by atoms with Gasteiger partial charge in [0, 0.05) is 10.7 Å². The Hall–Kier alpha value is -4.03. The molecule has 33 heavy (non-hydrogen) atoms. The molecule has 2 N–H and O–H groups in total. The molecule has 166 valence electrons. The minimum atomic E-state index is -0.379. The van der Waals surface area contributed by atoms with E-state index in [2.05, 4.69) is 10.6 Å². The number of amides is 2. The van der Waals surface area contributed by atoms with E-state index in [1.54, 1.807) is 54.6 Å². The first kappa shape index (κ1) is 22.2. The van der Waals surface area contributed by atoms with Crippen molar-refractivity contribution in [3.05, 3.63) is 95.5 Å². The third-order valence-corrected chi connectivity index (χ3v) is 5.15. The summed E-state index contributed by atoms with van der Waals surface area (Å²) in [5.41, 5.74) is 1.39. The summed E-state index contributed by atoms with van der Waals surface area (Å²) in [6.45, 7) is -0.278. The molecule has 0 saturated carbocycles. The van der Waals surface area contributed by atoms with Gasteiger partial charge in [0.25, 0.3) is 11.8 Å². The lowest BCUT2D eigenvalue weighted by molar-refractivity contribution is -0.118. The summed E-state index contributed by atoms with van der Waals surface area (Å²) in [4.78, 5) is 25.6. The van der Waals surface area contributed by atoms with Crippen LogP contribution in [0.3, 0.4) is 0 Å². The minimum Gasteiger partial charge on any atom is -0.495 e. The molecule has 0 atom stereocenters. The van der Waals surface area contributed by atoms with Crippen LogP contribution in [0.5, 0.6) is 11.5 Å². The topological polar surface area (TPSA) is 76.7 Å². The Bertz CT molecular complexity index is 1320. The number of ether oxygens (including phenoxy) is 2. The minimum absolute atomic E-state index is 0.278. The van der Waals surface area contributed by atoms with Crippen LogP contribution in [0.4, 0.5) is 11.4 Å². The highest BCUT2D eigenvalue weighted by Gasteiger charge is 2.17. The molecule has 4 aromatic rings. The summed E-state index contributed by atoms with van der Waals surface area (Å²) in [7, 11) is 1.54. The summed E-state index contributed by atoms with van der Waals surface area (Å²) in [6, 6.07) is 25.0. The molecule has 0 radical (unpaired) electrons. The van der Waals surface area contributed by atoms with E-state index in [1.165, 1.54) is 7.11 Å². The van der Waals surface area contributed by atoms with Gasteiger partial charge in [0.1, 0.15) is 11.5 Å². The molecule has 0 aliphatic heterocycles. The lowest BCUT2D eigenvalue weighted by Crippen LogP contribution is -2.21. The molecule has 7 heteroatoms. The van der Waals surface area contributed by atoms with Crippen molar-refractivity contribution in [2.75, 3.05) is 24.4 Å². The number of nitrogens with one attached hydrogen (secondary N) is 2. The molecule has 6 nitrogen and oxygen atoms in total. The lowest BCUT2D eigenvalue weighted by Gasteiger charge is -2.15. The third-order valence-electron chi connectivity index (χ3n) is 4.91. The summed E-state index contributed by atoms with van der Waals surface area (Å²) in [5, 5.41) is 7.86. The van der Waals surface area contributed by atoms with Crippen molar-refractivity contribution < 1.29 is 19.1 Å². The van der Waals surface area contributed by atoms with Gasteiger partial charge >= 0.3 is 0 Å². The normalized spacial score (nSPS) is 10.5. The van der Waals surface area contributed by atoms with Crippen molar-refractivity contribution in [2.45, 2.75) is 0 Å². The number of methoxy groups -OCH3 is 1. The molecule has 0 spiro atoms. The Morgan fingerprint density at radius 2 is 1.55 bits per heavy atom. The van der Waals surface area contributed by atoms with Crippen molar-refractivity contribution >= 4 is 45.6 Å². The summed E-state index contributed by atoms with van der Waals surface area (Å²) in [6.07, 6.45) is 0. The van der Waals surface area contributed by atoms with Gasteiger partial charge in [-0.25, -0.2) is 0 Å². The van der Waals surface area contributed by atoms with Crippen LogP contribution in [0.15, 0.2) is 84.9 Å². The Labute approximate surface area is 196 Å². The Balaban J connectivity index is 1.58. The molecule has 0 aliphatic carbocycles. The van der Waals surface area contributed by atoms with Crippen LogP contribution in [0, 0.1) is 0 Å². The zero-order valence-electron chi connectivity index (χ0n) is 17.8. The van der Waals surface area contributed by atoms with E-state index in [9.17, 15) is 9.59 Å². The zero-order chi connectivity index (χ0) is 23.2. The van der Waals surface area contributed by atoms with Crippen LogP contribution in [-0.2, 0) is 4.79 Å². The summed E-state index contributed by atoms with van der Waals surface area (Å²) < 4.78 is 11.1. The monoisotopic (exact) mass is 460 g/mol. The molecule has 0 saturated heterocycles. The molecule has 0 heterocycles. The zero-order valence-corrected chi connectivity index (χ0v) is 18.6. The molecule has 2 amide bonds. The third kappa shape index (κ3) is 5.42. The summed E-state index contributed by atoms with van der Waals surface area (Å²) in [5.74, 6) is 0.0781. The van der Waals surface area contributed by atoms with E-state index in [0.717, 1.165) is 10.8 Å². The molecular formula is C26H21ClN2O4. The highest BCUT2D eigenvalue weighted by molar-refractivity contribution is 6.30. The van der Waals surface area contributed by atoms with Gasteiger partial charge in [0.05, 0.1) is 18.4 Å². The summed E-state index contributed by atoms with van der Waals surface area (Å²) >= 11 is 5.96. The van der Waals surface area contributed by atoms with Crippen molar-refractivity contribution in [3.63, 3.8) is 0 Å². The first-order valence-electron chi connectivity index (χ1n) is 10.2. The standard InChI is InChI=1S/C26H21ClN2O4/c1-32-23-12-5-4-11-22(23)29-26(31)21-13-17-7-2-3-8-18(17)14-24(21)33-16-25(30)28-20-10-6-9-19(27)15-20/h2-15H,16H2,1H3,(H,28,30)(H,29,31). The average Bonchev–Trinajstić information content (AvgIpc) is 2.82. The largest absolute Gasteiger partial charge is 0.495 e. The van der Waals surface area contributed by atoms with Gasteiger partial charge in [-0.1, -0.05) is 54.1 Å². The van der Waals surface area contributed by atoms with Crippen LogP contribution in [0.1, 0.15) is 10.4 Å². The number of fused-ring (bicyclic) bond motifs is 1. The fraction of sp³-hybridized carbons (Fsp3) is 0.0769. The number of carbonyl (C=O) groups excluding carboxylic acids is 2. The second kappa shape index (κ2) is 10.1. The second-order valence-corrected chi connectivity index (χ2v) is 7.63. The molecule has 0 unspecified atom stereocenters. The van der Waals surface area contributed by atoms with Crippen molar-refractivity contribution in [1.29, 1.82) is 0 Å². The predicted octanol–water partition coefficient (Wildman–Crippen LogP) is 5.77. The quantitative estimate of drug-likeness (QED) is 0.367. The fourth-order valence-corrected chi connectivity index (χ4v) is 3.55. The number of carbonyl (C=O) groups is 2. The van der Waals surface area contributed by atoms with Crippen LogP contribution in [0.2, 0.25) is 5.02 Å². The van der Waals surface area contributed by atoms with Crippen molar-refractivity contribution in [2.24, 2.45) is 0 Å². The fourth-order valence-electron chi connectivity index (χ4n) is 3.36. The van der Waals surface area contributed by atoms with Gasteiger partial charge in [-0.15, -0.1) is 0 Å². The number of rotatable bonds is 7. The number of halogens is 1. The van der Waals surface area contributed by atoms with E-state index in [1.807, 2.05) is 30.3 Å². The Morgan fingerprint density at radius 1 is 0.818 bits per heavy atom. The van der Waals surface area contributed by atoms with E-state index < -0.39 is 0 Å². The van der Waals surface area contributed by atoms with Gasteiger partial charge in [-0.2, -0.15) is 0 Å². The van der Waals surface area contributed by atoms with E-state index in [4.69, 9.17) is 21.1 Å². The van der Waals surface area contributed by atoms with Gasteiger partial charge in [-0.05, 0) is 53.2 Å². The van der Waals surface area contributed by atoms with Gasteiger partial charge in [-0.3, -0.25) is 9.59 Å². The molecule has 4 aromatic carbocycles. The molecule has 4 rings (SSSR count). The van der Waals surface area contributed by atoms with E-state index in [0.29, 0.717) is 33.5 Å². The van der Waals surface area contributed by atoms with E-state index in [-0.39, 0.29) is 18.4 Å². The smallest absolute Gasteiger partial charge is 0.262 e. The first-order valence-corrected chi connectivity index (χ1v) is 10.6. The van der Waals surface area contributed by atoms with Gasteiger partial charge in [0.2, 0.25) is 0 Å². The van der Waals surface area contributed by atoms with Crippen molar-refractivity contribution in [3.8, 4) is 11.5 Å². The lowest BCUT2D eigenvalue weighted by atomic mass is 10.1. The Kier molecular flexibility index (Phi) is 6.76. The number of hydrogen-bond acceptors (Lipinski definition) is 4. The second-order valence-electron chi connectivity index (χ2n) is 7.20. The van der Waals surface area contributed by atoms with E-state index >= 15 is 0 Å². The van der Waals surface area contributed by atoms with Crippen LogP contribution < -0.4 is 20.1 Å². The highest BCUT2D eigenvalue weighted by Crippen LogP contribution is 2.29. The number of anilines is 2. The highest BCUT2D eigenvalue weighted by atomic mass is 35.5. The maximum atomic E-state index is 13.2. The molecule has 0 fully saturated rings. The van der Waals surface area contributed by atoms with Crippen molar-refractivity contribution in [1.82, 2.24) is 0 Å². The molecule has 0 bridgehead atoms. The van der Waals surface area contributed by atoms with Crippen LogP contribution in [0.25, 0.3) is 10.8 Å². The van der Waals surface area contributed by atoms with Crippen LogP contribution in [-0.4, -0.2) is 25.5 Å². The molecular weight excluding hydrogens is 440 g/mol. The number of para-hydroxylation sites is 2.